The number of carbonyl (C=O) groups excluding carboxylic acids is 1. The number of hydrogen-bond acceptors (Lipinski definition) is 5. The maximum atomic E-state index is 13.4. The van der Waals surface area contributed by atoms with E-state index >= 15 is 0 Å². The Hall–Kier alpha value is -4.46. The van der Waals surface area contributed by atoms with E-state index in [1.807, 2.05) is 50.2 Å². The number of anilines is 1. The van der Waals surface area contributed by atoms with Crippen LogP contribution in [0, 0.1) is 12.7 Å². The Morgan fingerprint density at radius 2 is 1.66 bits per heavy atom. The summed E-state index contributed by atoms with van der Waals surface area (Å²) in [6.45, 7) is 3.85. The van der Waals surface area contributed by atoms with Crippen molar-refractivity contribution in [1.29, 1.82) is 0 Å². The van der Waals surface area contributed by atoms with Crippen molar-refractivity contribution in [2.45, 2.75) is 19.9 Å². The lowest BCUT2D eigenvalue weighted by Crippen LogP contribution is -2.46. The van der Waals surface area contributed by atoms with Gasteiger partial charge in [-0.1, -0.05) is 35.0 Å². The van der Waals surface area contributed by atoms with E-state index in [9.17, 15) is 9.18 Å². The van der Waals surface area contributed by atoms with Crippen molar-refractivity contribution in [2.75, 3.05) is 12.0 Å². The number of amides is 2. The smallest absolute Gasteiger partial charge is 0.326 e. The predicted octanol–water partition coefficient (Wildman–Crippen LogP) is 5.89. The quantitative estimate of drug-likeness (QED) is 0.393. The Bertz CT molecular complexity index is 1390. The fraction of sp³-hybridized carbons (Fsp3) is 0.148. The van der Waals surface area contributed by atoms with Crippen LogP contribution in [0.4, 0.5) is 14.9 Å². The number of hydrogen-bond donors (Lipinski definition) is 1. The normalized spacial score (nSPS) is 15.8. The van der Waals surface area contributed by atoms with Gasteiger partial charge in [-0.3, -0.25) is 4.90 Å². The zero-order valence-corrected chi connectivity index (χ0v) is 19.4. The van der Waals surface area contributed by atoms with Crippen molar-refractivity contribution >= 4 is 17.3 Å². The van der Waals surface area contributed by atoms with Gasteiger partial charge >= 0.3 is 6.03 Å². The summed E-state index contributed by atoms with van der Waals surface area (Å²) in [6, 6.07) is 20.2. The van der Waals surface area contributed by atoms with E-state index in [1.54, 1.807) is 36.3 Å². The van der Waals surface area contributed by atoms with E-state index in [4.69, 9.17) is 9.26 Å². The molecule has 7 nitrogen and oxygen atoms in total. The molecule has 2 heterocycles. The molecule has 1 unspecified atom stereocenters. The molecule has 3 aromatic carbocycles. The first-order valence-electron chi connectivity index (χ1n) is 11.1. The summed E-state index contributed by atoms with van der Waals surface area (Å²) in [5.41, 5.74) is 4.60. The molecule has 0 radical (unpaired) electrons. The van der Waals surface area contributed by atoms with Gasteiger partial charge in [0.2, 0.25) is 5.82 Å². The molecule has 2 amide bonds. The number of aromatic nitrogens is 2. The number of nitrogens with zero attached hydrogens (tertiary/aromatic N) is 3. The molecule has 35 heavy (non-hydrogen) atoms. The van der Waals surface area contributed by atoms with Gasteiger partial charge in [-0.05, 0) is 67.9 Å². The molecule has 0 saturated carbocycles. The van der Waals surface area contributed by atoms with Crippen LogP contribution in [0.15, 0.2) is 83.0 Å². The SMILES string of the molecule is COc1ccc(N2C(=O)NC(c3ccc(C)cc3)C(c3nc(-c4ccc(F)cc4)no3)=C2C)cc1. The third-order valence-electron chi connectivity index (χ3n) is 5.98. The molecule has 4 aromatic rings. The Labute approximate surface area is 201 Å². The minimum Gasteiger partial charge on any atom is -0.497 e. The number of urea groups is 1. The van der Waals surface area contributed by atoms with Crippen molar-refractivity contribution < 1.29 is 18.4 Å². The van der Waals surface area contributed by atoms with E-state index in [0.717, 1.165) is 11.1 Å². The molecule has 0 bridgehead atoms. The zero-order chi connectivity index (χ0) is 24.5. The number of carbonyl (C=O) groups is 1. The summed E-state index contributed by atoms with van der Waals surface area (Å²) in [5.74, 6) is 0.939. The van der Waals surface area contributed by atoms with Gasteiger partial charge in [0.1, 0.15) is 11.6 Å². The molecule has 0 saturated heterocycles. The highest BCUT2D eigenvalue weighted by Crippen LogP contribution is 2.39. The number of nitrogens with one attached hydrogen (secondary N) is 1. The molecule has 1 N–H and O–H groups in total. The number of aryl methyl sites for hydroxylation is 1. The third-order valence-corrected chi connectivity index (χ3v) is 5.98. The lowest BCUT2D eigenvalue weighted by molar-refractivity contribution is 0.244. The summed E-state index contributed by atoms with van der Waals surface area (Å²) >= 11 is 0. The highest BCUT2D eigenvalue weighted by molar-refractivity contribution is 6.01. The predicted molar refractivity (Wildman–Crippen MR) is 130 cm³/mol. The van der Waals surface area contributed by atoms with Crippen molar-refractivity contribution in [1.82, 2.24) is 15.5 Å². The summed E-state index contributed by atoms with van der Waals surface area (Å²) in [6.07, 6.45) is 0. The van der Waals surface area contributed by atoms with E-state index in [2.05, 4.69) is 15.5 Å². The van der Waals surface area contributed by atoms with E-state index in [0.29, 0.717) is 34.1 Å². The molecule has 1 aliphatic heterocycles. The molecule has 0 aliphatic carbocycles. The molecule has 0 spiro atoms. The van der Waals surface area contributed by atoms with Crippen molar-refractivity contribution in [3.63, 3.8) is 0 Å². The molecule has 1 aromatic heterocycles. The number of methoxy groups -OCH3 is 1. The second kappa shape index (κ2) is 9.06. The van der Waals surface area contributed by atoms with Crippen LogP contribution in [0.3, 0.4) is 0 Å². The molecule has 8 heteroatoms. The first-order valence-corrected chi connectivity index (χ1v) is 11.1. The van der Waals surface area contributed by atoms with Gasteiger partial charge in [-0.2, -0.15) is 4.98 Å². The van der Waals surface area contributed by atoms with Crippen LogP contribution in [-0.4, -0.2) is 23.3 Å². The number of rotatable bonds is 5. The molecular formula is C27H23FN4O3. The number of allylic oxidation sites excluding steroid dienone is 1. The second-order valence-electron chi connectivity index (χ2n) is 8.26. The monoisotopic (exact) mass is 470 g/mol. The van der Waals surface area contributed by atoms with E-state index in [-0.39, 0.29) is 17.7 Å². The lowest BCUT2D eigenvalue weighted by Gasteiger charge is -2.35. The van der Waals surface area contributed by atoms with Crippen molar-refractivity contribution in [3.8, 4) is 17.1 Å². The summed E-state index contributed by atoms with van der Waals surface area (Å²) in [5, 5.41) is 7.20. The number of halogens is 1. The zero-order valence-electron chi connectivity index (χ0n) is 19.4. The molecule has 1 atom stereocenters. The van der Waals surface area contributed by atoms with Crippen molar-refractivity contribution in [2.24, 2.45) is 0 Å². The van der Waals surface area contributed by atoms with Crippen LogP contribution < -0.4 is 15.0 Å². The van der Waals surface area contributed by atoms with Crippen LogP contribution in [0.2, 0.25) is 0 Å². The van der Waals surface area contributed by atoms with Crippen LogP contribution in [0.1, 0.15) is 30.0 Å². The fourth-order valence-corrected chi connectivity index (χ4v) is 4.12. The van der Waals surface area contributed by atoms with Gasteiger partial charge in [-0.15, -0.1) is 0 Å². The van der Waals surface area contributed by atoms with Crippen LogP contribution in [0.5, 0.6) is 5.75 Å². The second-order valence-corrected chi connectivity index (χ2v) is 8.26. The average molecular weight is 471 g/mol. The van der Waals surface area contributed by atoms with Gasteiger partial charge in [0.15, 0.2) is 0 Å². The van der Waals surface area contributed by atoms with Crippen LogP contribution >= 0.6 is 0 Å². The Morgan fingerprint density at radius 1 is 0.971 bits per heavy atom. The number of ether oxygens (including phenoxy) is 1. The van der Waals surface area contributed by atoms with Crippen molar-refractivity contribution in [3.05, 3.63) is 101 Å². The highest BCUT2D eigenvalue weighted by atomic mass is 19.1. The average Bonchev–Trinajstić information content (AvgIpc) is 3.35. The lowest BCUT2D eigenvalue weighted by atomic mass is 9.94. The molecule has 176 valence electrons. The fourth-order valence-electron chi connectivity index (χ4n) is 4.12. The van der Waals surface area contributed by atoms with Gasteiger partial charge in [0.05, 0.1) is 24.4 Å². The topological polar surface area (TPSA) is 80.5 Å². The first-order chi connectivity index (χ1) is 16.9. The molecular weight excluding hydrogens is 447 g/mol. The Kier molecular flexibility index (Phi) is 5.78. The minimum absolute atomic E-state index is 0.269. The highest BCUT2D eigenvalue weighted by Gasteiger charge is 2.36. The molecule has 5 rings (SSSR count). The van der Waals surface area contributed by atoms with Gasteiger partial charge in [0.25, 0.3) is 5.89 Å². The summed E-state index contributed by atoms with van der Waals surface area (Å²) < 4.78 is 24.3. The van der Waals surface area contributed by atoms with Gasteiger partial charge in [0, 0.05) is 11.3 Å². The maximum absolute atomic E-state index is 13.4. The summed E-state index contributed by atoms with van der Waals surface area (Å²) in [4.78, 5) is 19.5. The molecule has 1 aliphatic rings. The number of benzene rings is 3. The first kappa shape index (κ1) is 22.3. The van der Waals surface area contributed by atoms with E-state index in [1.165, 1.54) is 12.1 Å². The van der Waals surface area contributed by atoms with Gasteiger partial charge in [-0.25, -0.2) is 9.18 Å². The van der Waals surface area contributed by atoms with Crippen LogP contribution in [-0.2, 0) is 0 Å². The Morgan fingerprint density at radius 3 is 2.31 bits per heavy atom. The molecule has 0 fully saturated rings. The Balaban J connectivity index is 1.63. The van der Waals surface area contributed by atoms with E-state index < -0.39 is 6.04 Å². The third kappa shape index (κ3) is 4.26. The van der Waals surface area contributed by atoms with Crippen LogP contribution in [0.25, 0.3) is 17.0 Å². The summed E-state index contributed by atoms with van der Waals surface area (Å²) in [7, 11) is 1.59. The van der Waals surface area contributed by atoms with Gasteiger partial charge < -0.3 is 14.6 Å². The minimum atomic E-state index is -0.501. The largest absolute Gasteiger partial charge is 0.497 e. The standard InChI is InChI=1S/C27H23FN4O3/c1-16-4-6-18(7-5-16)24-23(26-30-25(31-35-26)19-8-10-20(28)11-9-19)17(2)32(27(33)29-24)21-12-14-22(34-3)15-13-21/h4-15,24H,1-3H3,(H,29,33). The maximum Gasteiger partial charge on any atom is 0.326 e.